The smallest absolute Gasteiger partial charge is 0.391 e. The molecule has 2 atom stereocenters. The van der Waals surface area contributed by atoms with E-state index in [0.29, 0.717) is 6.20 Å². The fourth-order valence-electron chi connectivity index (χ4n) is 1.73. The Kier molecular flexibility index (Phi) is 3.86. The van der Waals surface area contributed by atoms with E-state index in [0.717, 1.165) is 0 Å². The molecule has 2 aromatic rings. The molecule has 0 aliphatic heterocycles. The molecule has 0 spiro atoms. The molecule has 0 radical (unpaired) electrons. The minimum atomic E-state index is -4.60. The minimum Gasteiger partial charge on any atom is -0.391 e. The standard InChI is InChI=1S/C12H14F3N5O/c1-6(7(2)21)20-5-8(3-18-20)10-9(12(13,14)15)4-17-11(16)19-10/h3-7,21H,1-2H3,(H2,16,17,19)/t6-,7-/m1/s1. The molecular formula is C12H14F3N5O. The molecule has 0 unspecified atom stereocenters. The molecule has 2 aromatic heterocycles. The zero-order valence-corrected chi connectivity index (χ0v) is 11.3. The van der Waals surface area contributed by atoms with Gasteiger partial charge in [0.2, 0.25) is 5.95 Å². The van der Waals surface area contributed by atoms with Crippen molar-refractivity contribution < 1.29 is 18.3 Å². The molecule has 0 aromatic carbocycles. The maximum absolute atomic E-state index is 13.0. The van der Waals surface area contributed by atoms with Crippen LogP contribution in [0.3, 0.4) is 0 Å². The van der Waals surface area contributed by atoms with Gasteiger partial charge in [0.05, 0.1) is 24.0 Å². The summed E-state index contributed by atoms with van der Waals surface area (Å²) in [7, 11) is 0. The first kappa shape index (κ1) is 15.2. The van der Waals surface area contributed by atoms with Crippen LogP contribution in [-0.2, 0) is 6.18 Å². The lowest BCUT2D eigenvalue weighted by atomic mass is 10.1. The SMILES string of the molecule is C[C@H]([C@@H](C)O)n1cc(-c2nc(N)ncc2C(F)(F)F)cn1. The number of alkyl halides is 3. The van der Waals surface area contributed by atoms with Crippen LogP contribution in [0, 0.1) is 0 Å². The number of hydrogen-bond acceptors (Lipinski definition) is 5. The average Bonchev–Trinajstić information content (AvgIpc) is 2.85. The van der Waals surface area contributed by atoms with E-state index in [1.165, 1.54) is 17.1 Å². The third-order valence-electron chi connectivity index (χ3n) is 3.10. The Hall–Kier alpha value is -2.16. The number of nitrogens with two attached hydrogens (primary N) is 1. The van der Waals surface area contributed by atoms with Crippen LogP contribution in [0.25, 0.3) is 11.3 Å². The van der Waals surface area contributed by atoms with Crippen LogP contribution in [0.5, 0.6) is 0 Å². The van der Waals surface area contributed by atoms with Crippen LogP contribution in [0.15, 0.2) is 18.6 Å². The highest BCUT2D eigenvalue weighted by molar-refractivity contribution is 5.63. The van der Waals surface area contributed by atoms with Gasteiger partial charge in [0.15, 0.2) is 0 Å². The Balaban J connectivity index is 2.50. The molecular weight excluding hydrogens is 287 g/mol. The zero-order valence-electron chi connectivity index (χ0n) is 11.3. The van der Waals surface area contributed by atoms with Gasteiger partial charge in [-0.25, -0.2) is 9.97 Å². The monoisotopic (exact) mass is 301 g/mol. The number of aliphatic hydroxyl groups excluding tert-OH is 1. The quantitative estimate of drug-likeness (QED) is 0.903. The molecule has 9 heteroatoms. The van der Waals surface area contributed by atoms with E-state index >= 15 is 0 Å². The van der Waals surface area contributed by atoms with Gasteiger partial charge < -0.3 is 10.8 Å². The van der Waals surface area contributed by atoms with E-state index in [2.05, 4.69) is 15.1 Å². The molecule has 0 aliphatic rings. The number of aliphatic hydroxyl groups is 1. The maximum atomic E-state index is 13.0. The Labute approximate surface area is 118 Å². The summed E-state index contributed by atoms with van der Waals surface area (Å²) in [6.45, 7) is 3.26. The summed E-state index contributed by atoms with van der Waals surface area (Å²) in [5.74, 6) is -0.255. The van der Waals surface area contributed by atoms with Crippen LogP contribution < -0.4 is 5.73 Å². The predicted octanol–water partition coefficient (Wildman–Crippen LogP) is 1.88. The van der Waals surface area contributed by atoms with Crippen molar-refractivity contribution in [2.24, 2.45) is 0 Å². The molecule has 0 saturated carbocycles. The van der Waals surface area contributed by atoms with Crippen molar-refractivity contribution >= 4 is 5.95 Å². The lowest BCUT2D eigenvalue weighted by molar-refractivity contribution is -0.137. The number of nitrogens with zero attached hydrogens (tertiary/aromatic N) is 4. The maximum Gasteiger partial charge on any atom is 0.419 e. The first-order valence-electron chi connectivity index (χ1n) is 6.12. The summed E-state index contributed by atoms with van der Waals surface area (Å²) in [6, 6.07) is -0.382. The third kappa shape index (κ3) is 3.13. The average molecular weight is 301 g/mol. The summed E-state index contributed by atoms with van der Waals surface area (Å²) >= 11 is 0. The van der Waals surface area contributed by atoms with E-state index in [1.807, 2.05) is 0 Å². The topological polar surface area (TPSA) is 89.8 Å². The van der Waals surface area contributed by atoms with Gasteiger partial charge in [-0.1, -0.05) is 0 Å². The second-order valence-corrected chi connectivity index (χ2v) is 4.68. The second-order valence-electron chi connectivity index (χ2n) is 4.68. The van der Waals surface area contributed by atoms with Crippen molar-refractivity contribution in [2.75, 3.05) is 5.73 Å². The highest BCUT2D eigenvalue weighted by Crippen LogP contribution is 2.35. The van der Waals surface area contributed by atoms with E-state index < -0.39 is 17.8 Å². The molecule has 6 nitrogen and oxygen atoms in total. The summed E-state index contributed by atoms with van der Waals surface area (Å²) in [6.07, 6.45) is -2.02. The molecule has 0 fully saturated rings. The number of anilines is 1. The molecule has 3 N–H and O–H groups in total. The summed E-state index contributed by atoms with van der Waals surface area (Å²) < 4.78 is 40.3. The first-order chi connectivity index (χ1) is 9.70. The van der Waals surface area contributed by atoms with Crippen LogP contribution in [0.4, 0.5) is 19.1 Å². The van der Waals surface area contributed by atoms with Gasteiger partial charge in [-0.3, -0.25) is 4.68 Å². The molecule has 114 valence electrons. The lowest BCUT2D eigenvalue weighted by Crippen LogP contribution is -2.18. The largest absolute Gasteiger partial charge is 0.419 e. The number of halogens is 3. The number of hydrogen-bond donors (Lipinski definition) is 2. The number of rotatable bonds is 3. The summed E-state index contributed by atoms with van der Waals surface area (Å²) in [4.78, 5) is 7.04. The lowest BCUT2D eigenvalue weighted by Gasteiger charge is -2.14. The van der Waals surface area contributed by atoms with Gasteiger partial charge in [-0.2, -0.15) is 18.3 Å². The Bertz CT molecular complexity index is 638. The van der Waals surface area contributed by atoms with Crippen molar-refractivity contribution in [1.82, 2.24) is 19.7 Å². The molecule has 2 heterocycles. The summed E-state index contributed by atoms with van der Waals surface area (Å²) in [5, 5.41) is 13.5. The molecule has 21 heavy (non-hydrogen) atoms. The van der Waals surface area contributed by atoms with Crippen molar-refractivity contribution in [3.63, 3.8) is 0 Å². The van der Waals surface area contributed by atoms with E-state index in [-0.39, 0.29) is 23.2 Å². The molecule has 0 amide bonds. The predicted molar refractivity (Wildman–Crippen MR) is 69.1 cm³/mol. The van der Waals surface area contributed by atoms with Crippen molar-refractivity contribution in [3.8, 4) is 11.3 Å². The van der Waals surface area contributed by atoms with Gasteiger partial charge in [-0.15, -0.1) is 0 Å². The normalized spacial score (nSPS) is 15.0. The zero-order chi connectivity index (χ0) is 15.8. The number of nitrogen functional groups attached to an aromatic ring is 1. The van der Waals surface area contributed by atoms with Gasteiger partial charge in [-0.05, 0) is 13.8 Å². The minimum absolute atomic E-state index is 0.156. The van der Waals surface area contributed by atoms with Crippen LogP contribution in [0.2, 0.25) is 0 Å². The van der Waals surface area contributed by atoms with Gasteiger partial charge in [0.1, 0.15) is 5.56 Å². The van der Waals surface area contributed by atoms with E-state index in [9.17, 15) is 18.3 Å². The van der Waals surface area contributed by atoms with Gasteiger partial charge in [0.25, 0.3) is 0 Å². The van der Waals surface area contributed by atoms with E-state index in [4.69, 9.17) is 5.73 Å². The van der Waals surface area contributed by atoms with Crippen molar-refractivity contribution in [3.05, 3.63) is 24.2 Å². The Morgan fingerprint density at radius 2 is 1.95 bits per heavy atom. The van der Waals surface area contributed by atoms with Crippen molar-refractivity contribution in [2.45, 2.75) is 32.2 Å². The first-order valence-corrected chi connectivity index (χ1v) is 6.12. The molecule has 0 saturated heterocycles. The Morgan fingerprint density at radius 1 is 1.29 bits per heavy atom. The van der Waals surface area contributed by atoms with E-state index in [1.54, 1.807) is 13.8 Å². The third-order valence-corrected chi connectivity index (χ3v) is 3.10. The van der Waals surface area contributed by atoms with Gasteiger partial charge >= 0.3 is 6.18 Å². The fraction of sp³-hybridized carbons (Fsp3) is 0.417. The highest BCUT2D eigenvalue weighted by atomic mass is 19.4. The molecule has 0 bridgehead atoms. The van der Waals surface area contributed by atoms with Crippen molar-refractivity contribution in [1.29, 1.82) is 0 Å². The fourth-order valence-corrected chi connectivity index (χ4v) is 1.73. The highest BCUT2D eigenvalue weighted by Gasteiger charge is 2.35. The van der Waals surface area contributed by atoms with Crippen LogP contribution >= 0.6 is 0 Å². The summed E-state index contributed by atoms with van der Waals surface area (Å²) in [5.41, 5.74) is 4.20. The van der Waals surface area contributed by atoms with Gasteiger partial charge in [0, 0.05) is 18.0 Å². The molecule has 0 aliphatic carbocycles. The number of aromatic nitrogens is 4. The molecule has 2 rings (SSSR count). The Morgan fingerprint density at radius 3 is 2.52 bits per heavy atom. The van der Waals surface area contributed by atoms with Crippen LogP contribution in [-0.4, -0.2) is 31.0 Å². The van der Waals surface area contributed by atoms with Crippen LogP contribution in [0.1, 0.15) is 25.5 Å². The second kappa shape index (κ2) is 5.32.